The van der Waals surface area contributed by atoms with Crippen LogP contribution >= 0.6 is 0 Å². The zero-order valence-electron chi connectivity index (χ0n) is 15.5. The molecule has 8 nitrogen and oxygen atoms in total. The summed E-state index contributed by atoms with van der Waals surface area (Å²) in [6.07, 6.45) is 1.61. The summed E-state index contributed by atoms with van der Waals surface area (Å²) in [6, 6.07) is 14.7. The van der Waals surface area contributed by atoms with Crippen LogP contribution in [0.5, 0.6) is 5.75 Å². The third-order valence-electron chi connectivity index (χ3n) is 4.66. The molecule has 28 heavy (non-hydrogen) atoms. The van der Waals surface area contributed by atoms with Gasteiger partial charge in [0, 0.05) is 31.9 Å². The molecule has 0 unspecified atom stereocenters. The molecule has 1 saturated heterocycles. The molecule has 2 aromatic heterocycles. The summed E-state index contributed by atoms with van der Waals surface area (Å²) in [5.74, 6) is 2.25. The van der Waals surface area contributed by atoms with Crippen molar-refractivity contribution in [2.75, 3.05) is 43.5 Å². The highest BCUT2D eigenvalue weighted by Crippen LogP contribution is 2.20. The van der Waals surface area contributed by atoms with Gasteiger partial charge in [0.1, 0.15) is 11.4 Å². The lowest BCUT2D eigenvalue weighted by atomic mass is 10.3. The molecule has 0 atom stereocenters. The number of hydrogen-bond acceptors (Lipinski definition) is 6. The van der Waals surface area contributed by atoms with Gasteiger partial charge in [0.15, 0.2) is 11.6 Å². The number of nitrogens with zero attached hydrogens (tertiary/aromatic N) is 4. The number of anilines is 2. The number of benzene rings is 1. The summed E-state index contributed by atoms with van der Waals surface area (Å²) in [5.41, 5.74) is 1.44. The van der Waals surface area contributed by atoms with E-state index >= 15 is 0 Å². The van der Waals surface area contributed by atoms with E-state index in [2.05, 4.69) is 20.4 Å². The minimum atomic E-state index is -0.107. The maximum Gasteiger partial charge on any atom is 0.321 e. The molecule has 1 aliphatic heterocycles. The molecule has 3 heterocycles. The quantitative estimate of drug-likeness (QED) is 0.750. The molecular formula is C20H21N5O3. The first-order valence-corrected chi connectivity index (χ1v) is 9.05. The summed E-state index contributed by atoms with van der Waals surface area (Å²) < 4.78 is 10.5. The second-order valence-electron chi connectivity index (χ2n) is 6.39. The van der Waals surface area contributed by atoms with Gasteiger partial charge in [0.2, 0.25) is 0 Å². The van der Waals surface area contributed by atoms with Crippen LogP contribution in [0.1, 0.15) is 0 Å². The van der Waals surface area contributed by atoms with Gasteiger partial charge >= 0.3 is 6.03 Å². The Hall–Kier alpha value is -3.55. The largest absolute Gasteiger partial charge is 0.497 e. The number of ether oxygens (including phenoxy) is 1. The van der Waals surface area contributed by atoms with E-state index in [1.807, 2.05) is 48.5 Å². The van der Waals surface area contributed by atoms with Gasteiger partial charge in [-0.1, -0.05) is 0 Å². The van der Waals surface area contributed by atoms with E-state index in [4.69, 9.17) is 9.15 Å². The Kier molecular flexibility index (Phi) is 5.09. The van der Waals surface area contributed by atoms with Gasteiger partial charge in [-0.05, 0) is 48.5 Å². The zero-order valence-corrected chi connectivity index (χ0v) is 15.5. The van der Waals surface area contributed by atoms with Gasteiger partial charge in [-0.3, -0.25) is 0 Å². The van der Waals surface area contributed by atoms with Crippen molar-refractivity contribution in [3.8, 4) is 17.2 Å². The minimum absolute atomic E-state index is 0.107. The van der Waals surface area contributed by atoms with Crippen molar-refractivity contribution in [1.82, 2.24) is 15.1 Å². The van der Waals surface area contributed by atoms with Crippen molar-refractivity contribution in [2.45, 2.75) is 0 Å². The van der Waals surface area contributed by atoms with Gasteiger partial charge in [-0.2, -0.15) is 0 Å². The molecule has 0 radical (unpaired) electrons. The highest BCUT2D eigenvalue weighted by atomic mass is 16.5. The number of carbonyl (C=O) groups is 1. The summed E-state index contributed by atoms with van der Waals surface area (Å²) >= 11 is 0. The minimum Gasteiger partial charge on any atom is -0.497 e. The second-order valence-corrected chi connectivity index (χ2v) is 6.39. The van der Waals surface area contributed by atoms with E-state index in [9.17, 15) is 4.79 Å². The molecule has 0 bridgehead atoms. The monoisotopic (exact) mass is 379 g/mol. The lowest BCUT2D eigenvalue weighted by Gasteiger charge is -2.35. The molecule has 144 valence electrons. The van der Waals surface area contributed by atoms with Crippen molar-refractivity contribution >= 4 is 17.5 Å². The molecule has 1 N–H and O–H groups in total. The Labute approximate surface area is 162 Å². The second kappa shape index (κ2) is 7.99. The van der Waals surface area contributed by atoms with Crippen molar-refractivity contribution < 1.29 is 13.9 Å². The van der Waals surface area contributed by atoms with Crippen LogP contribution in [0.4, 0.5) is 16.3 Å². The molecule has 0 aliphatic carbocycles. The van der Waals surface area contributed by atoms with Crippen LogP contribution in [0.15, 0.2) is 59.2 Å². The lowest BCUT2D eigenvalue weighted by molar-refractivity contribution is 0.208. The third kappa shape index (κ3) is 3.90. The van der Waals surface area contributed by atoms with Crippen LogP contribution in [0, 0.1) is 0 Å². The molecule has 4 rings (SSSR count). The van der Waals surface area contributed by atoms with E-state index in [0.29, 0.717) is 37.6 Å². The summed E-state index contributed by atoms with van der Waals surface area (Å²) in [6.45, 7) is 2.63. The first kappa shape index (κ1) is 17.8. The topological polar surface area (TPSA) is 83.7 Å². The van der Waals surface area contributed by atoms with Gasteiger partial charge in [0.05, 0.1) is 13.4 Å². The molecule has 0 saturated carbocycles. The Morgan fingerprint density at radius 2 is 1.82 bits per heavy atom. The smallest absolute Gasteiger partial charge is 0.321 e. The number of hydrogen-bond donors (Lipinski definition) is 1. The number of furan rings is 1. The number of piperazine rings is 1. The Morgan fingerprint density at radius 1 is 1.04 bits per heavy atom. The fourth-order valence-corrected chi connectivity index (χ4v) is 3.07. The van der Waals surface area contributed by atoms with Crippen LogP contribution in [-0.2, 0) is 0 Å². The predicted molar refractivity (Wildman–Crippen MR) is 106 cm³/mol. The number of carbonyl (C=O) groups excluding carboxylic acids is 1. The molecular weight excluding hydrogens is 358 g/mol. The number of aromatic nitrogens is 2. The van der Waals surface area contributed by atoms with E-state index < -0.39 is 0 Å². The predicted octanol–water partition coefficient (Wildman–Crippen LogP) is 3.10. The van der Waals surface area contributed by atoms with Crippen molar-refractivity contribution in [3.05, 3.63) is 54.8 Å². The molecule has 0 spiro atoms. The fourth-order valence-electron chi connectivity index (χ4n) is 3.07. The van der Waals surface area contributed by atoms with Gasteiger partial charge < -0.3 is 24.3 Å². The Bertz CT molecular complexity index is 902. The SMILES string of the molecule is COc1ccc(NC(=O)N2CCN(c3ccc(-c4ccco4)nn3)CC2)cc1. The lowest BCUT2D eigenvalue weighted by Crippen LogP contribution is -2.50. The van der Waals surface area contributed by atoms with Gasteiger partial charge in [-0.25, -0.2) is 4.79 Å². The molecule has 1 fully saturated rings. The van der Waals surface area contributed by atoms with E-state index in [0.717, 1.165) is 17.3 Å². The maximum absolute atomic E-state index is 12.5. The van der Waals surface area contributed by atoms with Crippen molar-refractivity contribution in [3.63, 3.8) is 0 Å². The average Bonchev–Trinajstić information content (AvgIpc) is 3.29. The Balaban J connectivity index is 1.31. The summed E-state index contributed by atoms with van der Waals surface area (Å²) in [4.78, 5) is 16.4. The highest BCUT2D eigenvalue weighted by molar-refractivity contribution is 5.89. The maximum atomic E-state index is 12.5. The van der Waals surface area contributed by atoms with Crippen LogP contribution < -0.4 is 15.0 Å². The standard InChI is InChI=1S/C20H21N5O3/c1-27-16-6-4-15(5-7-16)21-20(26)25-12-10-24(11-13-25)19-9-8-17(22-23-19)18-3-2-14-28-18/h2-9,14H,10-13H2,1H3,(H,21,26). The number of rotatable bonds is 4. The van der Waals surface area contributed by atoms with Crippen molar-refractivity contribution in [1.29, 1.82) is 0 Å². The number of nitrogens with one attached hydrogen (secondary N) is 1. The molecule has 8 heteroatoms. The normalized spacial score (nSPS) is 14.0. The van der Waals surface area contributed by atoms with E-state index in [1.165, 1.54) is 0 Å². The first-order valence-electron chi connectivity index (χ1n) is 9.05. The van der Waals surface area contributed by atoms with Crippen LogP contribution in [0.25, 0.3) is 11.5 Å². The molecule has 2 amide bonds. The van der Waals surface area contributed by atoms with Crippen LogP contribution in [0.3, 0.4) is 0 Å². The molecule has 1 aliphatic rings. The van der Waals surface area contributed by atoms with Gasteiger partial charge in [-0.15, -0.1) is 10.2 Å². The van der Waals surface area contributed by atoms with E-state index in [1.54, 1.807) is 18.3 Å². The molecule has 3 aromatic rings. The van der Waals surface area contributed by atoms with Crippen LogP contribution in [-0.4, -0.2) is 54.4 Å². The number of amides is 2. The molecule has 1 aromatic carbocycles. The number of urea groups is 1. The Morgan fingerprint density at radius 3 is 2.43 bits per heavy atom. The third-order valence-corrected chi connectivity index (χ3v) is 4.66. The van der Waals surface area contributed by atoms with Gasteiger partial charge in [0.25, 0.3) is 0 Å². The first-order chi connectivity index (χ1) is 13.7. The summed E-state index contributed by atoms with van der Waals surface area (Å²) in [7, 11) is 1.61. The van der Waals surface area contributed by atoms with E-state index in [-0.39, 0.29) is 6.03 Å². The average molecular weight is 379 g/mol. The summed E-state index contributed by atoms with van der Waals surface area (Å²) in [5, 5.41) is 11.4. The van der Waals surface area contributed by atoms with Crippen LogP contribution in [0.2, 0.25) is 0 Å². The van der Waals surface area contributed by atoms with Crippen molar-refractivity contribution in [2.24, 2.45) is 0 Å². The number of methoxy groups -OCH3 is 1. The fraction of sp³-hybridized carbons (Fsp3) is 0.250. The zero-order chi connectivity index (χ0) is 19.3. The highest BCUT2D eigenvalue weighted by Gasteiger charge is 2.22.